The standard InChI is InChI=1S/C21H18Cl2N4O/c1-5-12-9-13-10(2)11(3)24-20(28)16(13)19-17(12)25-21(27(19)4)26-18-14(22)7-6-8-15(18)23/h5-9H,1H2,2-4H3,(H,24,28)(H,25,26). The van der Waals surface area contributed by atoms with E-state index in [0.717, 1.165) is 27.7 Å². The van der Waals surface area contributed by atoms with Gasteiger partial charge < -0.3 is 14.9 Å². The number of hydrogen-bond donors (Lipinski definition) is 2. The van der Waals surface area contributed by atoms with Crippen molar-refractivity contribution in [2.45, 2.75) is 13.8 Å². The number of imidazole rings is 1. The van der Waals surface area contributed by atoms with Gasteiger partial charge >= 0.3 is 0 Å². The molecule has 2 aromatic carbocycles. The van der Waals surface area contributed by atoms with Gasteiger partial charge in [0.1, 0.15) is 0 Å². The molecule has 142 valence electrons. The second-order valence-corrected chi connectivity index (χ2v) is 7.52. The van der Waals surface area contributed by atoms with E-state index < -0.39 is 0 Å². The number of aryl methyl sites for hydroxylation is 3. The van der Waals surface area contributed by atoms with Gasteiger partial charge in [-0.1, -0.05) is 41.9 Å². The Labute approximate surface area is 171 Å². The first-order valence-corrected chi connectivity index (χ1v) is 9.45. The molecule has 0 aliphatic heterocycles. The normalized spacial score (nSPS) is 11.3. The maximum Gasteiger partial charge on any atom is 0.258 e. The minimum Gasteiger partial charge on any atom is -0.326 e. The second kappa shape index (κ2) is 6.69. The molecule has 4 rings (SSSR count). The van der Waals surface area contributed by atoms with Gasteiger partial charge in [-0.15, -0.1) is 0 Å². The average Bonchev–Trinajstić information content (AvgIpc) is 2.98. The summed E-state index contributed by atoms with van der Waals surface area (Å²) in [5.41, 5.74) is 4.54. The third kappa shape index (κ3) is 2.70. The van der Waals surface area contributed by atoms with E-state index in [1.165, 1.54) is 0 Å². The zero-order valence-corrected chi connectivity index (χ0v) is 17.2. The second-order valence-electron chi connectivity index (χ2n) is 6.71. The number of pyridine rings is 1. The van der Waals surface area contributed by atoms with Gasteiger partial charge in [0.05, 0.1) is 32.2 Å². The highest BCUT2D eigenvalue weighted by molar-refractivity contribution is 6.39. The van der Waals surface area contributed by atoms with E-state index in [1.54, 1.807) is 24.3 Å². The van der Waals surface area contributed by atoms with Gasteiger partial charge in [-0.05, 0) is 43.0 Å². The summed E-state index contributed by atoms with van der Waals surface area (Å²) < 4.78 is 1.84. The van der Waals surface area contributed by atoms with Crippen LogP contribution in [0.3, 0.4) is 0 Å². The largest absolute Gasteiger partial charge is 0.326 e. The summed E-state index contributed by atoms with van der Waals surface area (Å²) in [7, 11) is 1.85. The quantitative estimate of drug-likeness (QED) is 0.451. The van der Waals surface area contributed by atoms with Crippen LogP contribution < -0.4 is 10.9 Å². The molecule has 7 heteroatoms. The molecule has 2 aromatic heterocycles. The molecule has 4 aromatic rings. The van der Waals surface area contributed by atoms with Crippen molar-refractivity contribution in [2.24, 2.45) is 7.05 Å². The number of anilines is 2. The molecule has 0 radical (unpaired) electrons. The molecule has 0 unspecified atom stereocenters. The van der Waals surface area contributed by atoms with Crippen molar-refractivity contribution in [3.05, 3.63) is 68.1 Å². The molecule has 0 amide bonds. The van der Waals surface area contributed by atoms with Crippen LogP contribution in [-0.2, 0) is 7.05 Å². The minimum atomic E-state index is -0.149. The summed E-state index contributed by atoms with van der Waals surface area (Å²) in [4.78, 5) is 20.5. The van der Waals surface area contributed by atoms with Gasteiger partial charge in [-0.25, -0.2) is 4.98 Å². The molecule has 0 bridgehead atoms. The third-order valence-corrected chi connectivity index (χ3v) is 5.72. The van der Waals surface area contributed by atoms with Crippen molar-refractivity contribution in [2.75, 3.05) is 5.32 Å². The monoisotopic (exact) mass is 412 g/mol. The van der Waals surface area contributed by atoms with Gasteiger partial charge in [0.25, 0.3) is 5.56 Å². The molecular formula is C21H18Cl2N4O. The number of H-pyrrole nitrogens is 1. The van der Waals surface area contributed by atoms with E-state index in [4.69, 9.17) is 28.2 Å². The van der Waals surface area contributed by atoms with Crippen molar-refractivity contribution in [3.8, 4) is 0 Å². The van der Waals surface area contributed by atoms with Gasteiger partial charge in [-0.2, -0.15) is 0 Å². The van der Waals surface area contributed by atoms with Gasteiger partial charge in [-0.3, -0.25) is 4.79 Å². The highest BCUT2D eigenvalue weighted by Crippen LogP contribution is 2.35. The molecular weight excluding hydrogens is 395 g/mol. The van der Waals surface area contributed by atoms with Crippen molar-refractivity contribution in [3.63, 3.8) is 0 Å². The lowest BCUT2D eigenvalue weighted by Crippen LogP contribution is -2.11. The Bertz CT molecular complexity index is 1310. The number of benzene rings is 2. The van der Waals surface area contributed by atoms with Crippen LogP contribution in [0.5, 0.6) is 0 Å². The number of rotatable bonds is 3. The third-order valence-electron chi connectivity index (χ3n) is 5.09. The lowest BCUT2D eigenvalue weighted by molar-refractivity contribution is 0.960. The summed E-state index contributed by atoms with van der Waals surface area (Å²) in [5.74, 6) is 0.526. The predicted molar refractivity (Wildman–Crippen MR) is 118 cm³/mol. The summed E-state index contributed by atoms with van der Waals surface area (Å²) >= 11 is 12.6. The van der Waals surface area contributed by atoms with E-state index in [9.17, 15) is 4.79 Å². The summed E-state index contributed by atoms with van der Waals surface area (Å²) in [6.07, 6.45) is 1.75. The van der Waals surface area contributed by atoms with Crippen LogP contribution in [0.4, 0.5) is 11.6 Å². The van der Waals surface area contributed by atoms with Crippen molar-refractivity contribution in [1.29, 1.82) is 0 Å². The highest BCUT2D eigenvalue weighted by atomic mass is 35.5. The topological polar surface area (TPSA) is 62.7 Å². The van der Waals surface area contributed by atoms with Crippen LogP contribution in [0.25, 0.3) is 27.9 Å². The number of aromatic nitrogens is 3. The lowest BCUT2D eigenvalue weighted by atomic mass is 10.0. The number of hydrogen-bond acceptors (Lipinski definition) is 3. The smallest absolute Gasteiger partial charge is 0.258 e. The molecule has 2 heterocycles. The fourth-order valence-electron chi connectivity index (χ4n) is 3.46. The first-order chi connectivity index (χ1) is 13.3. The molecule has 0 saturated heterocycles. The van der Waals surface area contributed by atoms with E-state index in [2.05, 4.69) is 16.9 Å². The fraction of sp³-hybridized carbons (Fsp3) is 0.143. The van der Waals surface area contributed by atoms with Crippen molar-refractivity contribution < 1.29 is 0 Å². The summed E-state index contributed by atoms with van der Waals surface area (Å²) in [6.45, 7) is 7.80. The van der Waals surface area contributed by atoms with Crippen molar-refractivity contribution >= 4 is 62.7 Å². The molecule has 28 heavy (non-hydrogen) atoms. The average molecular weight is 413 g/mol. The number of nitrogens with one attached hydrogen (secondary N) is 2. The van der Waals surface area contributed by atoms with Crippen LogP contribution in [0.2, 0.25) is 10.0 Å². The Morgan fingerprint density at radius 3 is 2.57 bits per heavy atom. The van der Waals surface area contributed by atoms with Gasteiger partial charge in [0.2, 0.25) is 5.95 Å². The fourth-order valence-corrected chi connectivity index (χ4v) is 3.95. The van der Waals surface area contributed by atoms with Gasteiger partial charge in [0, 0.05) is 18.3 Å². The molecule has 5 nitrogen and oxygen atoms in total. The van der Waals surface area contributed by atoms with Crippen LogP contribution >= 0.6 is 23.2 Å². The lowest BCUT2D eigenvalue weighted by Gasteiger charge is -2.11. The number of nitrogens with zero attached hydrogens (tertiary/aromatic N) is 2. The van der Waals surface area contributed by atoms with Crippen LogP contribution in [0, 0.1) is 13.8 Å². The molecule has 0 aliphatic rings. The zero-order chi connectivity index (χ0) is 20.2. The molecule has 0 atom stereocenters. The van der Waals surface area contributed by atoms with E-state index in [-0.39, 0.29) is 5.56 Å². The van der Waals surface area contributed by atoms with E-state index >= 15 is 0 Å². The summed E-state index contributed by atoms with van der Waals surface area (Å²) in [6, 6.07) is 7.24. The van der Waals surface area contributed by atoms with Crippen LogP contribution in [0.1, 0.15) is 16.8 Å². The number of halogens is 2. The Morgan fingerprint density at radius 2 is 1.93 bits per heavy atom. The first-order valence-electron chi connectivity index (χ1n) is 8.69. The number of fused-ring (bicyclic) bond motifs is 3. The maximum atomic E-state index is 12.8. The van der Waals surface area contributed by atoms with Crippen molar-refractivity contribution in [1.82, 2.24) is 14.5 Å². The molecule has 2 N–H and O–H groups in total. The maximum absolute atomic E-state index is 12.8. The molecule has 0 saturated carbocycles. The Kier molecular flexibility index (Phi) is 4.44. The predicted octanol–water partition coefficient (Wildman–Crippen LogP) is 5.73. The Morgan fingerprint density at radius 1 is 1.25 bits per heavy atom. The van der Waals surface area contributed by atoms with E-state index in [0.29, 0.717) is 32.6 Å². The first kappa shape index (κ1) is 18.6. The highest BCUT2D eigenvalue weighted by Gasteiger charge is 2.19. The number of para-hydroxylation sites is 1. The zero-order valence-electron chi connectivity index (χ0n) is 15.7. The van der Waals surface area contributed by atoms with E-state index in [1.807, 2.05) is 31.5 Å². The van der Waals surface area contributed by atoms with Crippen LogP contribution in [0.15, 0.2) is 35.6 Å². The SMILES string of the molecule is C=Cc1cc2c(C)c(C)[nH]c(=O)c2c2c1nc(Nc1c(Cl)cccc1Cl)n2C. The molecule has 0 spiro atoms. The Hall–Kier alpha value is -2.76. The molecule has 0 fully saturated rings. The molecule has 0 aliphatic carbocycles. The van der Waals surface area contributed by atoms with Gasteiger partial charge in [0.15, 0.2) is 0 Å². The van der Waals surface area contributed by atoms with Crippen LogP contribution in [-0.4, -0.2) is 14.5 Å². The Balaban J connectivity index is 2.08. The minimum absolute atomic E-state index is 0.149. The summed E-state index contributed by atoms with van der Waals surface area (Å²) in [5, 5.41) is 5.65. The number of aromatic amines is 1.